The van der Waals surface area contributed by atoms with Crippen LogP contribution in [0.3, 0.4) is 0 Å². The van der Waals surface area contributed by atoms with Crippen molar-refractivity contribution in [2.75, 3.05) is 13.2 Å². The van der Waals surface area contributed by atoms with Crippen molar-refractivity contribution in [3.8, 4) is 0 Å². The Hall–Kier alpha value is -2.66. The van der Waals surface area contributed by atoms with Crippen LogP contribution in [0.1, 0.15) is 86.5 Å². The van der Waals surface area contributed by atoms with E-state index in [4.69, 9.17) is 33.2 Å². The summed E-state index contributed by atoms with van der Waals surface area (Å²) >= 11 is 0. The Bertz CT molecular complexity index is 1130. The molecule has 4 fully saturated rings. The van der Waals surface area contributed by atoms with Gasteiger partial charge >= 0.3 is 23.9 Å². The summed E-state index contributed by atoms with van der Waals surface area (Å²) in [5.41, 5.74) is -1.63. The van der Waals surface area contributed by atoms with E-state index in [2.05, 4.69) is 19.9 Å². The number of hydrogen-bond donors (Lipinski definition) is 0. The summed E-state index contributed by atoms with van der Waals surface area (Å²) in [6, 6.07) is 0. The van der Waals surface area contributed by atoms with Gasteiger partial charge in [-0.1, -0.05) is 20.3 Å². The van der Waals surface area contributed by atoms with E-state index in [1.807, 2.05) is 0 Å². The average Bonchev–Trinajstić information content (AvgIpc) is 3.33. The maximum absolute atomic E-state index is 13.2. The number of hydrogen-bond acceptors (Lipinski definition) is 11. The van der Waals surface area contributed by atoms with E-state index >= 15 is 0 Å². The Labute approximate surface area is 253 Å². The van der Waals surface area contributed by atoms with Crippen LogP contribution in [-0.2, 0) is 52.3 Å². The van der Waals surface area contributed by atoms with Crippen molar-refractivity contribution in [2.24, 2.45) is 28.6 Å². The molecule has 2 saturated heterocycles. The monoisotopic (exact) mass is 606 g/mol. The first-order valence-corrected chi connectivity index (χ1v) is 15.6. The summed E-state index contributed by atoms with van der Waals surface area (Å²) in [4.78, 5) is 49.1. The summed E-state index contributed by atoms with van der Waals surface area (Å²) < 4.78 is 41.0. The molecule has 11 heteroatoms. The van der Waals surface area contributed by atoms with E-state index in [1.165, 1.54) is 13.8 Å². The molecule has 5 aliphatic rings. The zero-order valence-corrected chi connectivity index (χ0v) is 26.1. The Morgan fingerprint density at radius 2 is 1.70 bits per heavy atom. The number of fused-ring (bicyclic) bond motifs is 3. The van der Waals surface area contributed by atoms with Crippen molar-refractivity contribution >= 4 is 23.9 Å². The number of carbonyl (C=O) groups excluding carboxylic acids is 4. The van der Waals surface area contributed by atoms with E-state index < -0.39 is 47.2 Å². The van der Waals surface area contributed by atoms with Gasteiger partial charge < -0.3 is 33.2 Å². The van der Waals surface area contributed by atoms with E-state index in [9.17, 15) is 19.2 Å². The van der Waals surface area contributed by atoms with Crippen LogP contribution >= 0.6 is 0 Å². The van der Waals surface area contributed by atoms with Crippen LogP contribution in [-0.4, -0.2) is 73.4 Å². The highest BCUT2D eigenvalue weighted by Crippen LogP contribution is 2.70. The topological polar surface area (TPSA) is 136 Å². The molecule has 43 heavy (non-hydrogen) atoms. The molecule has 0 bridgehead atoms. The second kappa shape index (κ2) is 12.0. The van der Waals surface area contributed by atoms with Crippen LogP contribution in [0.25, 0.3) is 0 Å². The minimum absolute atomic E-state index is 0.0111. The van der Waals surface area contributed by atoms with E-state index in [0.717, 1.165) is 25.7 Å². The van der Waals surface area contributed by atoms with Crippen LogP contribution in [0.4, 0.5) is 0 Å². The molecule has 0 aromatic heterocycles. The zero-order valence-electron chi connectivity index (χ0n) is 26.1. The first kappa shape index (κ1) is 31.8. The number of epoxide rings is 1. The minimum atomic E-state index is -0.759. The Morgan fingerprint density at radius 1 is 1.00 bits per heavy atom. The highest BCUT2D eigenvalue weighted by Gasteiger charge is 2.76. The van der Waals surface area contributed by atoms with Crippen LogP contribution in [0, 0.1) is 28.6 Å². The molecule has 1 spiro atoms. The predicted octanol–water partition coefficient (Wildman–Crippen LogP) is 4.00. The van der Waals surface area contributed by atoms with E-state index in [-0.39, 0.29) is 61.0 Å². The molecule has 3 heterocycles. The zero-order chi connectivity index (χ0) is 31.2. The first-order valence-electron chi connectivity index (χ1n) is 15.6. The summed E-state index contributed by atoms with van der Waals surface area (Å²) in [6.45, 7) is 10.9. The molecular formula is C32H46O11. The van der Waals surface area contributed by atoms with Crippen LogP contribution in [0.5, 0.6) is 0 Å². The number of esters is 4. The third-order valence-electron chi connectivity index (χ3n) is 10.7. The fraction of sp³-hybridized carbons (Fsp3) is 0.812. The van der Waals surface area contributed by atoms with Gasteiger partial charge in [0.15, 0.2) is 0 Å². The average molecular weight is 607 g/mol. The van der Waals surface area contributed by atoms with Gasteiger partial charge in [0, 0.05) is 25.2 Å². The van der Waals surface area contributed by atoms with Crippen molar-refractivity contribution in [3.63, 3.8) is 0 Å². The maximum atomic E-state index is 13.2. The Morgan fingerprint density at radius 3 is 2.35 bits per heavy atom. The molecule has 0 unspecified atom stereocenters. The molecule has 0 radical (unpaired) electrons. The minimum Gasteiger partial charge on any atom is -0.472 e. The largest absolute Gasteiger partial charge is 0.472 e. The third kappa shape index (κ3) is 5.91. The van der Waals surface area contributed by atoms with Crippen LogP contribution in [0.2, 0.25) is 0 Å². The van der Waals surface area contributed by atoms with Gasteiger partial charge in [0.25, 0.3) is 0 Å². The quantitative estimate of drug-likeness (QED) is 0.203. The van der Waals surface area contributed by atoms with Crippen LogP contribution < -0.4 is 0 Å². The second-order valence-electron chi connectivity index (χ2n) is 13.5. The van der Waals surface area contributed by atoms with Crippen molar-refractivity contribution < 1.29 is 52.3 Å². The van der Waals surface area contributed by atoms with Gasteiger partial charge in [-0.15, -0.1) is 0 Å². The highest BCUT2D eigenvalue weighted by atomic mass is 16.7. The lowest BCUT2D eigenvalue weighted by molar-refractivity contribution is -0.254. The normalized spacial score (nSPS) is 40.4. The van der Waals surface area contributed by atoms with Crippen molar-refractivity contribution in [2.45, 2.75) is 123 Å². The standard InChI is InChI=1S/C32H46O11/c1-18-12-26(42-22(5)34)32(17-38-27(35)13-20(3)41-28(36)14-19(2)40-21(4)33)24(8-7-10-31(32)16-39-31)30(18,6)25-15-23-9-11-37-29(23)43-25/h9,11,18-20,23-26,29H,7-8,10,12-17H2,1-6H3/t18-,19+,20+,23-,24-,25+,26+,29-,30+,31+,32+/m1/s1. The summed E-state index contributed by atoms with van der Waals surface area (Å²) in [7, 11) is 0. The van der Waals surface area contributed by atoms with Gasteiger partial charge in [-0.25, -0.2) is 0 Å². The van der Waals surface area contributed by atoms with E-state index in [1.54, 1.807) is 20.1 Å². The number of rotatable bonds is 10. The fourth-order valence-corrected chi connectivity index (χ4v) is 8.60. The Balaban J connectivity index is 1.34. The number of ether oxygens (including phenoxy) is 7. The molecule has 240 valence electrons. The Kier molecular flexibility index (Phi) is 8.88. The SMILES string of the molecule is CC(=O)O[C@H]1C[C@@H](C)[C@](C)([C@@H]2C[C@H]3C=CO[C@@H]3O2)[C@H]2CCC[C@]3(CO3)[C@]12COC(=O)C[C@H](C)OC(=O)C[C@H](C)OC(C)=O. The van der Waals surface area contributed by atoms with Gasteiger partial charge in [0.1, 0.15) is 30.5 Å². The predicted molar refractivity (Wildman–Crippen MR) is 150 cm³/mol. The lowest BCUT2D eigenvalue weighted by Gasteiger charge is -2.64. The second-order valence-corrected chi connectivity index (χ2v) is 13.5. The lowest BCUT2D eigenvalue weighted by Crippen LogP contribution is -2.69. The summed E-state index contributed by atoms with van der Waals surface area (Å²) in [6.07, 6.45) is 5.31. The highest BCUT2D eigenvalue weighted by molar-refractivity contribution is 5.73. The van der Waals surface area contributed by atoms with Gasteiger partial charge in [0.2, 0.25) is 6.29 Å². The van der Waals surface area contributed by atoms with Gasteiger partial charge in [-0.3, -0.25) is 19.2 Å². The molecule has 0 amide bonds. The van der Waals surface area contributed by atoms with Crippen molar-refractivity contribution in [1.82, 2.24) is 0 Å². The van der Waals surface area contributed by atoms with Gasteiger partial charge in [-0.05, 0) is 57.4 Å². The maximum Gasteiger partial charge on any atom is 0.309 e. The molecule has 5 rings (SSSR count). The molecule has 11 atom stereocenters. The molecule has 3 aliphatic heterocycles. The van der Waals surface area contributed by atoms with Gasteiger partial charge in [-0.2, -0.15) is 0 Å². The van der Waals surface area contributed by atoms with E-state index in [0.29, 0.717) is 13.0 Å². The summed E-state index contributed by atoms with van der Waals surface area (Å²) in [5.74, 6) is -1.61. The smallest absolute Gasteiger partial charge is 0.309 e. The molecule has 2 aliphatic carbocycles. The third-order valence-corrected chi connectivity index (χ3v) is 10.7. The molecule has 2 saturated carbocycles. The molecule has 0 aromatic rings. The molecular weight excluding hydrogens is 560 g/mol. The fourth-order valence-electron chi connectivity index (χ4n) is 8.60. The van der Waals surface area contributed by atoms with Crippen molar-refractivity contribution in [3.05, 3.63) is 12.3 Å². The lowest BCUT2D eigenvalue weighted by atomic mass is 9.42. The number of carbonyl (C=O) groups is 4. The van der Waals surface area contributed by atoms with Crippen LogP contribution in [0.15, 0.2) is 12.3 Å². The molecule has 0 N–H and O–H groups in total. The molecule has 11 nitrogen and oxygen atoms in total. The first-order chi connectivity index (χ1) is 20.3. The summed E-state index contributed by atoms with van der Waals surface area (Å²) in [5, 5.41) is 0. The molecule has 0 aromatic carbocycles. The van der Waals surface area contributed by atoms with Crippen molar-refractivity contribution in [1.29, 1.82) is 0 Å². The van der Waals surface area contributed by atoms with Gasteiger partial charge in [0.05, 0.1) is 37.2 Å².